The molecule has 0 bridgehead atoms. The van der Waals surface area contributed by atoms with Crippen LogP contribution in [0.3, 0.4) is 0 Å². The number of nitrogens with two attached hydrogens (primary N) is 1. The van der Waals surface area contributed by atoms with E-state index in [1.54, 1.807) is 12.1 Å². The summed E-state index contributed by atoms with van der Waals surface area (Å²) in [7, 11) is 0. The molecule has 4 N–H and O–H groups in total. The molecule has 0 saturated heterocycles. The minimum absolute atomic E-state index is 0.542. The predicted molar refractivity (Wildman–Crippen MR) is 78.3 cm³/mol. The zero-order chi connectivity index (χ0) is 14.4. The summed E-state index contributed by atoms with van der Waals surface area (Å²) in [5, 5.41) is 12.2. The van der Waals surface area contributed by atoms with Crippen molar-refractivity contribution in [2.24, 2.45) is 5.84 Å². The zero-order valence-corrected chi connectivity index (χ0v) is 11.2. The largest absolute Gasteiger partial charge is 0.339 e. The number of para-hydroxylation sites is 1. The monoisotopic (exact) mass is 268 g/mol. The highest BCUT2D eigenvalue weighted by Crippen LogP contribution is 2.20. The van der Waals surface area contributed by atoms with Crippen LogP contribution in [0.25, 0.3) is 0 Å². The second kappa shape index (κ2) is 6.50. The summed E-state index contributed by atoms with van der Waals surface area (Å²) in [6.07, 6.45) is 1.71. The summed E-state index contributed by atoms with van der Waals surface area (Å²) >= 11 is 0. The number of nitrogen functional groups attached to an aromatic ring is 1. The summed E-state index contributed by atoms with van der Waals surface area (Å²) in [5.74, 6) is 7.27. The smallest absolute Gasteiger partial charge is 0.145 e. The van der Waals surface area contributed by atoms with Gasteiger partial charge in [0.25, 0.3) is 0 Å². The first-order valence-corrected chi connectivity index (χ1v) is 6.37. The average molecular weight is 268 g/mol. The third-order valence-electron chi connectivity index (χ3n) is 2.70. The Hall–Kier alpha value is -2.65. The van der Waals surface area contributed by atoms with Gasteiger partial charge >= 0.3 is 0 Å². The quantitative estimate of drug-likeness (QED) is 0.568. The minimum Gasteiger partial charge on any atom is -0.339 e. The Kier molecular flexibility index (Phi) is 4.47. The van der Waals surface area contributed by atoms with Crippen LogP contribution in [0.1, 0.15) is 24.7 Å². The van der Waals surface area contributed by atoms with E-state index in [2.05, 4.69) is 33.7 Å². The van der Waals surface area contributed by atoms with E-state index in [0.717, 1.165) is 12.8 Å². The highest BCUT2D eigenvalue weighted by molar-refractivity contribution is 5.65. The van der Waals surface area contributed by atoms with E-state index in [1.165, 1.54) is 0 Å². The second-order valence-corrected chi connectivity index (χ2v) is 4.23. The molecule has 0 fully saturated rings. The fourth-order valence-corrected chi connectivity index (χ4v) is 1.80. The number of nitrogens with one attached hydrogen (secondary N) is 2. The number of hydrogen-bond acceptors (Lipinski definition) is 6. The van der Waals surface area contributed by atoms with Crippen LogP contribution >= 0.6 is 0 Å². The predicted octanol–water partition coefficient (Wildman–Crippen LogP) is 2.33. The Labute approximate surface area is 117 Å². The molecule has 0 saturated carbocycles. The van der Waals surface area contributed by atoms with E-state index >= 15 is 0 Å². The second-order valence-electron chi connectivity index (χ2n) is 4.23. The van der Waals surface area contributed by atoms with Crippen molar-refractivity contribution in [3.05, 3.63) is 41.7 Å². The van der Waals surface area contributed by atoms with E-state index in [-0.39, 0.29) is 0 Å². The van der Waals surface area contributed by atoms with Gasteiger partial charge in [-0.05, 0) is 18.6 Å². The van der Waals surface area contributed by atoms with Gasteiger partial charge in [-0.25, -0.2) is 15.8 Å². The molecule has 102 valence electrons. The van der Waals surface area contributed by atoms with Gasteiger partial charge in [0, 0.05) is 12.5 Å². The first-order valence-electron chi connectivity index (χ1n) is 6.37. The van der Waals surface area contributed by atoms with Crippen LogP contribution in [0.2, 0.25) is 0 Å². The van der Waals surface area contributed by atoms with Crippen LogP contribution in [0, 0.1) is 11.3 Å². The summed E-state index contributed by atoms with van der Waals surface area (Å²) in [6, 6.07) is 11.1. The summed E-state index contributed by atoms with van der Waals surface area (Å²) in [5.41, 5.74) is 3.79. The number of benzene rings is 1. The lowest BCUT2D eigenvalue weighted by atomic mass is 10.2. The molecule has 0 aliphatic heterocycles. The number of nitrogens with zero attached hydrogens (tertiary/aromatic N) is 3. The molecule has 0 radical (unpaired) electrons. The van der Waals surface area contributed by atoms with Crippen LogP contribution in [0.15, 0.2) is 30.3 Å². The summed E-state index contributed by atoms with van der Waals surface area (Å²) in [4.78, 5) is 8.69. The SMILES string of the molecule is CCCc1nc(NN)cc(Nc2ccccc2C#N)n1. The van der Waals surface area contributed by atoms with Gasteiger partial charge in [-0.15, -0.1) is 0 Å². The number of nitriles is 1. The number of aromatic nitrogens is 2. The molecule has 1 heterocycles. The topological polar surface area (TPSA) is 99.6 Å². The lowest BCUT2D eigenvalue weighted by Crippen LogP contribution is -2.11. The Morgan fingerprint density at radius 2 is 2.00 bits per heavy atom. The molecule has 0 aliphatic carbocycles. The lowest BCUT2D eigenvalue weighted by molar-refractivity contribution is 0.837. The van der Waals surface area contributed by atoms with Crippen molar-refractivity contribution in [3.8, 4) is 6.07 Å². The van der Waals surface area contributed by atoms with Crippen molar-refractivity contribution < 1.29 is 0 Å². The fraction of sp³-hybridized carbons (Fsp3) is 0.214. The van der Waals surface area contributed by atoms with E-state index in [1.807, 2.05) is 18.2 Å². The van der Waals surface area contributed by atoms with Gasteiger partial charge < -0.3 is 10.7 Å². The molecule has 0 atom stereocenters. The Morgan fingerprint density at radius 1 is 1.25 bits per heavy atom. The van der Waals surface area contributed by atoms with Crippen molar-refractivity contribution in [1.82, 2.24) is 9.97 Å². The molecule has 0 unspecified atom stereocenters. The molecule has 0 spiro atoms. The maximum absolute atomic E-state index is 9.08. The first-order chi connectivity index (χ1) is 9.76. The van der Waals surface area contributed by atoms with E-state index in [4.69, 9.17) is 11.1 Å². The van der Waals surface area contributed by atoms with E-state index < -0.39 is 0 Å². The summed E-state index contributed by atoms with van der Waals surface area (Å²) < 4.78 is 0. The minimum atomic E-state index is 0.542. The molecule has 1 aromatic carbocycles. The number of anilines is 3. The first kappa shape index (κ1) is 13.8. The maximum atomic E-state index is 9.08. The van der Waals surface area contributed by atoms with Gasteiger partial charge in [0.15, 0.2) is 0 Å². The van der Waals surface area contributed by atoms with Crippen molar-refractivity contribution in [3.63, 3.8) is 0 Å². The van der Waals surface area contributed by atoms with Gasteiger partial charge in [0.05, 0.1) is 11.3 Å². The Morgan fingerprint density at radius 3 is 2.70 bits per heavy atom. The Balaban J connectivity index is 2.33. The number of rotatable bonds is 5. The van der Waals surface area contributed by atoms with Crippen LogP contribution < -0.4 is 16.6 Å². The number of hydrazine groups is 1. The highest BCUT2D eigenvalue weighted by Gasteiger charge is 2.06. The number of aryl methyl sites for hydroxylation is 1. The third-order valence-corrected chi connectivity index (χ3v) is 2.70. The summed E-state index contributed by atoms with van der Waals surface area (Å²) in [6.45, 7) is 2.06. The Bertz CT molecular complexity index is 632. The van der Waals surface area contributed by atoms with Crippen molar-refractivity contribution in [2.45, 2.75) is 19.8 Å². The molecular formula is C14H16N6. The van der Waals surface area contributed by atoms with Gasteiger partial charge in [-0.3, -0.25) is 0 Å². The molecular weight excluding hydrogens is 252 g/mol. The van der Waals surface area contributed by atoms with Gasteiger partial charge in [0.2, 0.25) is 0 Å². The van der Waals surface area contributed by atoms with Crippen LogP contribution in [-0.4, -0.2) is 9.97 Å². The average Bonchev–Trinajstić information content (AvgIpc) is 2.48. The van der Waals surface area contributed by atoms with E-state index in [0.29, 0.717) is 28.7 Å². The highest BCUT2D eigenvalue weighted by atomic mass is 15.3. The molecule has 2 aromatic rings. The van der Waals surface area contributed by atoms with Gasteiger partial charge in [0.1, 0.15) is 23.5 Å². The van der Waals surface area contributed by atoms with Crippen LogP contribution in [0.4, 0.5) is 17.3 Å². The van der Waals surface area contributed by atoms with Crippen molar-refractivity contribution >= 4 is 17.3 Å². The van der Waals surface area contributed by atoms with E-state index in [9.17, 15) is 0 Å². The molecule has 0 amide bonds. The zero-order valence-electron chi connectivity index (χ0n) is 11.2. The van der Waals surface area contributed by atoms with Crippen LogP contribution in [-0.2, 0) is 6.42 Å². The molecule has 1 aromatic heterocycles. The lowest BCUT2D eigenvalue weighted by Gasteiger charge is -2.10. The van der Waals surface area contributed by atoms with Crippen LogP contribution in [0.5, 0.6) is 0 Å². The van der Waals surface area contributed by atoms with Crippen molar-refractivity contribution in [1.29, 1.82) is 5.26 Å². The number of hydrogen-bond donors (Lipinski definition) is 3. The molecule has 6 nitrogen and oxygen atoms in total. The molecule has 6 heteroatoms. The maximum Gasteiger partial charge on any atom is 0.145 e. The van der Waals surface area contributed by atoms with Gasteiger partial charge in [-0.2, -0.15) is 5.26 Å². The normalized spacial score (nSPS) is 9.85. The standard InChI is InChI=1S/C14H16N6/c1-2-5-12-18-13(8-14(19-12)20-16)17-11-7-4-3-6-10(11)9-15/h3-4,6-8H,2,5,16H2,1H3,(H2,17,18,19,20). The van der Waals surface area contributed by atoms with Gasteiger partial charge in [-0.1, -0.05) is 19.1 Å². The third kappa shape index (κ3) is 3.22. The molecule has 20 heavy (non-hydrogen) atoms. The fourth-order valence-electron chi connectivity index (χ4n) is 1.80. The molecule has 2 rings (SSSR count). The van der Waals surface area contributed by atoms with Crippen molar-refractivity contribution in [2.75, 3.05) is 10.7 Å². The molecule has 0 aliphatic rings.